The second-order valence-electron chi connectivity index (χ2n) is 6.30. The molecule has 2 aromatic rings. The van der Waals surface area contributed by atoms with Crippen molar-refractivity contribution < 1.29 is 9.53 Å². The number of rotatable bonds is 10. The molecule has 2 aromatic carbocycles. The van der Waals surface area contributed by atoms with Crippen LogP contribution in [0.3, 0.4) is 0 Å². The van der Waals surface area contributed by atoms with Crippen LogP contribution in [0.4, 0.5) is 5.69 Å². The van der Waals surface area contributed by atoms with Crippen molar-refractivity contribution in [2.24, 2.45) is 0 Å². The Morgan fingerprint density at radius 3 is 2.43 bits per heavy atom. The molecule has 0 atom stereocenters. The highest BCUT2D eigenvalue weighted by Crippen LogP contribution is 2.27. The molecule has 0 fully saturated rings. The van der Waals surface area contributed by atoms with E-state index in [0.717, 1.165) is 25.2 Å². The smallest absolute Gasteiger partial charge is 0.224 e. The first-order chi connectivity index (χ1) is 13.4. The first-order valence-corrected chi connectivity index (χ1v) is 10.4. The summed E-state index contributed by atoms with van der Waals surface area (Å²) in [4.78, 5) is 14.5. The number of hydrogen-bond acceptors (Lipinski definition) is 3. The number of ether oxygens (including phenoxy) is 1. The van der Waals surface area contributed by atoms with Gasteiger partial charge in [-0.2, -0.15) is 0 Å². The third kappa shape index (κ3) is 7.17. The number of amides is 1. The number of benzene rings is 2. The summed E-state index contributed by atoms with van der Waals surface area (Å²) in [6, 6.07) is 10.5. The van der Waals surface area contributed by atoms with Crippen LogP contribution in [0.2, 0.25) is 15.1 Å². The van der Waals surface area contributed by atoms with Crippen molar-refractivity contribution in [2.45, 2.75) is 26.7 Å². The van der Waals surface area contributed by atoms with Crippen molar-refractivity contribution >= 4 is 46.4 Å². The van der Waals surface area contributed by atoms with Gasteiger partial charge in [0.2, 0.25) is 5.91 Å². The van der Waals surface area contributed by atoms with Crippen LogP contribution in [0.5, 0.6) is 5.75 Å². The quantitative estimate of drug-likeness (QED) is 0.494. The van der Waals surface area contributed by atoms with E-state index in [1.807, 2.05) is 6.07 Å². The average molecular weight is 444 g/mol. The zero-order valence-electron chi connectivity index (χ0n) is 16.1. The van der Waals surface area contributed by atoms with Gasteiger partial charge in [0.05, 0.1) is 10.7 Å². The number of nitrogens with one attached hydrogen (secondary N) is 1. The molecule has 0 bridgehead atoms. The summed E-state index contributed by atoms with van der Waals surface area (Å²) in [5.74, 6) is 0.547. The highest BCUT2D eigenvalue weighted by molar-refractivity contribution is 6.35. The van der Waals surface area contributed by atoms with Gasteiger partial charge in [0, 0.05) is 29.1 Å². The monoisotopic (exact) mass is 442 g/mol. The summed E-state index contributed by atoms with van der Waals surface area (Å²) in [5.41, 5.74) is 1.44. The van der Waals surface area contributed by atoms with Crippen molar-refractivity contribution in [2.75, 3.05) is 31.6 Å². The SMILES string of the molecule is CCN(CC)CCOc1ccc(NC(=O)CCc2ccc(Cl)cc2Cl)c(Cl)c1. The van der Waals surface area contributed by atoms with Gasteiger partial charge >= 0.3 is 0 Å². The lowest BCUT2D eigenvalue weighted by molar-refractivity contribution is -0.116. The lowest BCUT2D eigenvalue weighted by Crippen LogP contribution is -2.27. The van der Waals surface area contributed by atoms with Gasteiger partial charge in [-0.25, -0.2) is 0 Å². The molecule has 28 heavy (non-hydrogen) atoms. The van der Waals surface area contributed by atoms with Gasteiger partial charge in [0.1, 0.15) is 12.4 Å². The molecule has 0 aliphatic carbocycles. The van der Waals surface area contributed by atoms with Crippen molar-refractivity contribution in [3.05, 3.63) is 57.0 Å². The van der Waals surface area contributed by atoms with Crippen LogP contribution in [0.15, 0.2) is 36.4 Å². The lowest BCUT2D eigenvalue weighted by Gasteiger charge is -2.18. The molecule has 1 N–H and O–H groups in total. The summed E-state index contributed by atoms with van der Waals surface area (Å²) in [6.45, 7) is 7.68. The molecule has 152 valence electrons. The first-order valence-electron chi connectivity index (χ1n) is 9.31. The molecule has 0 aliphatic heterocycles. The lowest BCUT2D eigenvalue weighted by atomic mass is 10.1. The summed E-state index contributed by atoms with van der Waals surface area (Å²) in [7, 11) is 0. The molecule has 0 heterocycles. The minimum atomic E-state index is -0.136. The molecule has 0 saturated carbocycles. The molecule has 0 unspecified atom stereocenters. The number of aryl methyl sites for hydroxylation is 1. The predicted molar refractivity (Wildman–Crippen MR) is 118 cm³/mol. The molecule has 0 aromatic heterocycles. The van der Waals surface area contributed by atoms with Crippen LogP contribution in [0.1, 0.15) is 25.8 Å². The zero-order chi connectivity index (χ0) is 20.5. The molecule has 0 spiro atoms. The van der Waals surface area contributed by atoms with Crippen LogP contribution < -0.4 is 10.1 Å². The normalized spacial score (nSPS) is 10.9. The molecule has 0 aliphatic rings. The maximum absolute atomic E-state index is 12.2. The Hall–Kier alpha value is -1.46. The van der Waals surface area contributed by atoms with Gasteiger partial charge < -0.3 is 15.0 Å². The Morgan fingerprint density at radius 2 is 1.79 bits per heavy atom. The fourth-order valence-electron chi connectivity index (χ4n) is 2.70. The van der Waals surface area contributed by atoms with E-state index < -0.39 is 0 Å². The Morgan fingerprint density at radius 1 is 1.04 bits per heavy atom. The van der Waals surface area contributed by atoms with Gasteiger partial charge in [0.25, 0.3) is 0 Å². The maximum atomic E-state index is 12.2. The second kappa shape index (κ2) is 11.5. The first kappa shape index (κ1) is 22.8. The van der Waals surface area contributed by atoms with Gasteiger partial charge in [-0.15, -0.1) is 0 Å². The van der Waals surface area contributed by atoms with E-state index in [9.17, 15) is 4.79 Å². The fourth-order valence-corrected chi connectivity index (χ4v) is 3.43. The van der Waals surface area contributed by atoms with Crippen LogP contribution in [0.25, 0.3) is 0 Å². The van der Waals surface area contributed by atoms with Gasteiger partial charge in [-0.05, 0) is 49.3 Å². The Labute approximate surface area is 181 Å². The van der Waals surface area contributed by atoms with E-state index in [2.05, 4.69) is 24.1 Å². The van der Waals surface area contributed by atoms with Crippen LogP contribution in [-0.4, -0.2) is 37.0 Å². The molecule has 7 heteroatoms. The van der Waals surface area contributed by atoms with Crippen molar-refractivity contribution in [3.63, 3.8) is 0 Å². The van der Waals surface area contributed by atoms with Crippen molar-refractivity contribution in [1.82, 2.24) is 4.90 Å². The largest absolute Gasteiger partial charge is 0.492 e. The van der Waals surface area contributed by atoms with Crippen molar-refractivity contribution in [1.29, 1.82) is 0 Å². The molecule has 0 saturated heterocycles. The third-order valence-corrected chi connectivity index (χ3v) is 5.32. The summed E-state index contributed by atoms with van der Waals surface area (Å²) >= 11 is 18.3. The highest BCUT2D eigenvalue weighted by atomic mass is 35.5. The second-order valence-corrected chi connectivity index (χ2v) is 7.55. The van der Waals surface area contributed by atoms with Gasteiger partial charge in [-0.3, -0.25) is 4.79 Å². The molecule has 4 nitrogen and oxygen atoms in total. The number of hydrogen-bond donors (Lipinski definition) is 1. The number of likely N-dealkylation sites (N-methyl/N-ethyl adjacent to an activating group) is 1. The van der Waals surface area contributed by atoms with E-state index in [4.69, 9.17) is 39.5 Å². The molecular formula is C21H25Cl3N2O2. The van der Waals surface area contributed by atoms with Crippen molar-refractivity contribution in [3.8, 4) is 5.75 Å². The fraction of sp³-hybridized carbons (Fsp3) is 0.381. The average Bonchev–Trinajstić information content (AvgIpc) is 2.66. The molecular weight excluding hydrogens is 419 g/mol. The molecule has 0 radical (unpaired) electrons. The number of nitrogens with zero attached hydrogens (tertiary/aromatic N) is 1. The van der Waals surface area contributed by atoms with Crippen LogP contribution >= 0.6 is 34.8 Å². The van der Waals surface area contributed by atoms with E-state index in [1.54, 1.807) is 30.3 Å². The Kier molecular flexibility index (Phi) is 9.39. The van der Waals surface area contributed by atoms with Gasteiger partial charge in [0.15, 0.2) is 0 Å². The van der Waals surface area contributed by atoms with E-state index >= 15 is 0 Å². The summed E-state index contributed by atoms with van der Waals surface area (Å²) in [5, 5.41) is 4.40. The van der Waals surface area contributed by atoms with Crippen LogP contribution in [0, 0.1) is 0 Å². The standard InChI is InChI=1S/C21H25Cl3N2O2/c1-3-26(4-2)11-12-28-17-8-9-20(19(24)14-17)25-21(27)10-6-15-5-7-16(22)13-18(15)23/h5,7-9,13-14H,3-4,6,10-12H2,1-2H3,(H,25,27). The van der Waals surface area contributed by atoms with E-state index in [0.29, 0.717) is 46.0 Å². The number of carbonyl (C=O) groups excluding carboxylic acids is 1. The van der Waals surface area contributed by atoms with E-state index in [-0.39, 0.29) is 5.91 Å². The third-order valence-electron chi connectivity index (χ3n) is 4.42. The Balaban J connectivity index is 1.85. The van der Waals surface area contributed by atoms with Crippen LogP contribution in [-0.2, 0) is 11.2 Å². The van der Waals surface area contributed by atoms with E-state index in [1.165, 1.54) is 0 Å². The minimum absolute atomic E-state index is 0.136. The zero-order valence-corrected chi connectivity index (χ0v) is 18.4. The minimum Gasteiger partial charge on any atom is -0.492 e. The number of carbonyl (C=O) groups is 1. The molecule has 2 rings (SSSR count). The highest BCUT2D eigenvalue weighted by Gasteiger charge is 2.10. The number of anilines is 1. The summed E-state index contributed by atoms with van der Waals surface area (Å²) in [6.07, 6.45) is 0.811. The van der Waals surface area contributed by atoms with Gasteiger partial charge in [-0.1, -0.05) is 54.7 Å². The topological polar surface area (TPSA) is 41.6 Å². The predicted octanol–water partition coefficient (Wildman–Crippen LogP) is 5.94. The summed E-state index contributed by atoms with van der Waals surface area (Å²) < 4.78 is 5.74. The molecule has 1 amide bonds. The number of halogens is 3. The maximum Gasteiger partial charge on any atom is 0.224 e. The Bertz CT molecular complexity index is 795.